The largest absolute Gasteiger partial charge is 0.385 e. The van der Waals surface area contributed by atoms with Gasteiger partial charge >= 0.3 is 0 Å². The number of hydrogen-bond acceptors (Lipinski definition) is 6. The fourth-order valence-electron chi connectivity index (χ4n) is 3.92. The first kappa shape index (κ1) is 18.5. The second-order valence-electron chi connectivity index (χ2n) is 7.90. The molecule has 0 N–H and O–H groups in total. The Balaban J connectivity index is 1.25. The summed E-state index contributed by atoms with van der Waals surface area (Å²) < 4.78 is 1.82. The van der Waals surface area contributed by atoms with E-state index in [-0.39, 0.29) is 11.5 Å². The zero-order chi connectivity index (χ0) is 20.6. The molecule has 30 heavy (non-hydrogen) atoms. The average Bonchev–Trinajstić information content (AvgIpc) is 3.41. The Bertz CT molecular complexity index is 1090. The van der Waals surface area contributed by atoms with Gasteiger partial charge < -0.3 is 9.74 Å². The van der Waals surface area contributed by atoms with Gasteiger partial charge in [-0.3, -0.25) is 14.5 Å². The van der Waals surface area contributed by atoms with E-state index in [9.17, 15) is 4.79 Å². The van der Waals surface area contributed by atoms with Crippen molar-refractivity contribution in [3.05, 3.63) is 65.6 Å². The summed E-state index contributed by atoms with van der Waals surface area (Å²) in [5.41, 5.74) is 4.09. The average molecular weight is 402 g/mol. The fourth-order valence-corrected chi connectivity index (χ4v) is 3.92. The summed E-state index contributed by atoms with van der Waals surface area (Å²) in [6.07, 6.45) is 7.05. The number of likely N-dealkylation sites (tertiary alicyclic amines) is 1. The number of rotatable bonds is 5. The van der Waals surface area contributed by atoms with Crippen LogP contribution in [0.4, 0.5) is 0 Å². The summed E-state index contributed by atoms with van der Waals surface area (Å²) >= 11 is 0. The van der Waals surface area contributed by atoms with Gasteiger partial charge in [0.25, 0.3) is 5.91 Å². The summed E-state index contributed by atoms with van der Waals surface area (Å²) in [5, 5.41) is 12.4. The van der Waals surface area contributed by atoms with Gasteiger partial charge in [-0.15, -0.1) is 5.10 Å². The standard InChI is InChI=1S/C22H22N6O2/c1-16-12-17(20-13-28(26-25-20)11-7-18-4-2-3-9-23-18)5-6-19(16)21(29)27-14-22(15-27)8-10-24-30-22/h2-6,9-10,12-13H,7-8,11,14-15H2,1H3. The quantitative estimate of drug-likeness (QED) is 0.655. The Hall–Kier alpha value is -3.55. The lowest BCUT2D eigenvalue weighted by atomic mass is 9.90. The van der Waals surface area contributed by atoms with Crippen molar-refractivity contribution in [3.8, 4) is 11.3 Å². The summed E-state index contributed by atoms with van der Waals surface area (Å²) in [5.74, 6) is 0.0270. The lowest BCUT2D eigenvalue weighted by Gasteiger charge is -2.45. The minimum Gasteiger partial charge on any atom is -0.385 e. The lowest BCUT2D eigenvalue weighted by Crippen LogP contribution is -2.63. The Morgan fingerprint density at radius 2 is 2.13 bits per heavy atom. The Morgan fingerprint density at radius 1 is 1.23 bits per heavy atom. The third-order valence-electron chi connectivity index (χ3n) is 5.64. The van der Waals surface area contributed by atoms with Crippen LogP contribution in [0.1, 0.15) is 28.0 Å². The maximum atomic E-state index is 12.9. The van der Waals surface area contributed by atoms with E-state index in [1.165, 1.54) is 0 Å². The van der Waals surface area contributed by atoms with Crippen LogP contribution in [0.5, 0.6) is 0 Å². The van der Waals surface area contributed by atoms with Crippen LogP contribution in [0, 0.1) is 6.92 Å². The smallest absolute Gasteiger partial charge is 0.254 e. The van der Waals surface area contributed by atoms with Crippen molar-refractivity contribution in [2.24, 2.45) is 5.16 Å². The Labute approximate surface area is 174 Å². The number of aromatic nitrogens is 4. The molecule has 2 aromatic heterocycles. The van der Waals surface area contributed by atoms with Crippen molar-refractivity contribution >= 4 is 12.1 Å². The molecule has 1 aromatic carbocycles. The topological polar surface area (TPSA) is 85.5 Å². The van der Waals surface area contributed by atoms with Crippen LogP contribution in [0.2, 0.25) is 0 Å². The first-order valence-corrected chi connectivity index (χ1v) is 10.0. The van der Waals surface area contributed by atoms with Crippen LogP contribution >= 0.6 is 0 Å². The molecule has 0 atom stereocenters. The van der Waals surface area contributed by atoms with Gasteiger partial charge in [0.2, 0.25) is 0 Å². The van der Waals surface area contributed by atoms with Gasteiger partial charge in [-0.1, -0.05) is 22.5 Å². The van der Waals surface area contributed by atoms with Crippen LogP contribution in [-0.4, -0.2) is 55.7 Å². The first-order valence-electron chi connectivity index (χ1n) is 10.0. The maximum Gasteiger partial charge on any atom is 0.254 e. The monoisotopic (exact) mass is 402 g/mol. The molecule has 0 aliphatic carbocycles. The van der Waals surface area contributed by atoms with E-state index < -0.39 is 0 Å². The van der Waals surface area contributed by atoms with Crippen LogP contribution in [0.15, 0.2) is 53.9 Å². The van der Waals surface area contributed by atoms with E-state index in [0.29, 0.717) is 25.2 Å². The predicted molar refractivity (Wildman–Crippen MR) is 111 cm³/mol. The second kappa shape index (κ2) is 7.37. The summed E-state index contributed by atoms with van der Waals surface area (Å²) in [7, 11) is 0. The van der Waals surface area contributed by atoms with Gasteiger partial charge in [-0.2, -0.15) is 0 Å². The third kappa shape index (κ3) is 3.45. The Morgan fingerprint density at radius 3 is 2.87 bits per heavy atom. The van der Waals surface area contributed by atoms with E-state index in [4.69, 9.17) is 4.84 Å². The normalized spacial score (nSPS) is 16.5. The molecule has 5 rings (SSSR count). The van der Waals surface area contributed by atoms with Crippen LogP contribution < -0.4 is 0 Å². The number of carbonyl (C=O) groups excluding carboxylic acids is 1. The molecule has 1 fully saturated rings. The van der Waals surface area contributed by atoms with Crippen molar-refractivity contribution < 1.29 is 9.63 Å². The first-order chi connectivity index (χ1) is 14.6. The molecule has 1 amide bonds. The van der Waals surface area contributed by atoms with Crippen molar-refractivity contribution in [1.82, 2.24) is 24.9 Å². The zero-order valence-corrected chi connectivity index (χ0v) is 16.7. The SMILES string of the molecule is Cc1cc(-c2cn(CCc3ccccn3)nn2)ccc1C(=O)N1CC2(CC=NO2)C1. The number of oxime groups is 1. The van der Waals surface area contributed by atoms with Gasteiger partial charge in [0, 0.05) is 48.6 Å². The molecule has 0 unspecified atom stereocenters. The molecule has 8 nitrogen and oxygen atoms in total. The highest BCUT2D eigenvalue weighted by Gasteiger charge is 2.49. The van der Waals surface area contributed by atoms with Crippen LogP contribution in [-0.2, 0) is 17.8 Å². The molecule has 0 radical (unpaired) electrons. The van der Waals surface area contributed by atoms with E-state index in [1.54, 1.807) is 12.4 Å². The Kier molecular flexibility index (Phi) is 4.54. The molecular formula is C22H22N6O2. The molecule has 1 spiro atoms. The molecule has 4 heterocycles. The predicted octanol–water partition coefficient (Wildman–Crippen LogP) is 2.49. The number of carbonyl (C=O) groups is 1. The number of nitrogens with zero attached hydrogens (tertiary/aromatic N) is 6. The van der Waals surface area contributed by atoms with E-state index in [2.05, 4.69) is 20.5 Å². The molecule has 152 valence electrons. The molecule has 0 saturated carbocycles. The van der Waals surface area contributed by atoms with E-state index in [0.717, 1.165) is 35.4 Å². The molecule has 0 bridgehead atoms. The maximum absolute atomic E-state index is 12.9. The molecule has 2 aliphatic heterocycles. The molecule has 1 saturated heterocycles. The zero-order valence-electron chi connectivity index (χ0n) is 16.7. The van der Waals surface area contributed by atoms with Crippen LogP contribution in [0.25, 0.3) is 11.3 Å². The van der Waals surface area contributed by atoms with Crippen LogP contribution in [0.3, 0.4) is 0 Å². The second-order valence-corrected chi connectivity index (χ2v) is 7.90. The number of benzene rings is 1. The molecule has 2 aliphatic rings. The van der Waals surface area contributed by atoms with Gasteiger partial charge in [-0.25, -0.2) is 0 Å². The van der Waals surface area contributed by atoms with Gasteiger partial charge in [0.1, 0.15) is 5.69 Å². The molecule has 3 aromatic rings. The van der Waals surface area contributed by atoms with E-state index in [1.807, 2.05) is 59.1 Å². The van der Waals surface area contributed by atoms with E-state index >= 15 is 0 Å². The van der Waals surface area contributed by atoms with Crippen molar-refractivity contribution in [3.63, 3.8) is 0 Å². The van der Waals surface area contributed by atoms with Crippen molar-refractivity contribution in [2.75, 3.05) is 13.1 Å². The summed E-state index contributed by atoms with van der Waals surface area (Å²) in [4.78, 5) is 24.4. The minimum absolute atomic E-state index is 0.0270. The summed E-state index contributed by atoms with van der Waals surface area (Å²) in [6, 6.07) is 11.7. The fraction of sp³-hybridized carbons (Fsp3) is 0.318. The highest BCUT2D eigenvalue weighted by atomic mass is 16.7. The van der Waals surface area contributed by atoms with Gasteiger partial charge in [0.15, 0.2) is 5.60 Å². The number of aryl methyl sites for hydroxylation is 3. The molecular weight excluding hydrogens is 380 g/mol. The number of hydrogen-bond donors (Lipinski definition) is 0. The van der Waals surface area contributed by atoms with Gasteiger partial charge in [0.05, 0.1) is 19.3 Å². The third-order valence-corrected chi connectivity index (χ3v) is 5.64. The minimum atomic E-state index is -0.294. The summed E-state index contributed by atoms with van der Waals surface area (Å²) in [6.45, 7) is 3.82. The highest BCUT2D eigenvalue weighted by Crippen LogP contribution is 2.33. The van der Waals surface area contributed by atoms with Crippen molar-refractivity contribution in [2.45, 2.75) is 31.9 Å². The molecule has 8 heteroatoms. The van der Waals surface area contributed by atoms with Gasteiger partial charge in [-0.05, 0) is 36.8 Å². The lowest BCUT2D eigenvalue weighted by molar-refractivity contribution is -0.110. The number of amides is 1. The van der Waals surface area contributed by atoms with Crippen molar-refractivity contribution in [1.29, 1.82) is 0 Å². The highest BCUT2D eigenvalue weighted by molar-refractivity contribution is 5.97. The number of pyridine rings is 1.